The number of halogens is 1. The molecule has 106 valence electrons. The molecule has 0 aliphatic rings. The van der Waals surface area contributed by atoms with Gasteiger partial charge in [-0.3, -0.25) is 4.79 Å². The summed E-state index contributed by atoms with van der Waals surface area (Å²) in [6.07, 6.45) is 1.22. The third-order valence-corrected chi connectivity index (χ3v) is 3.29. The summed E-state index contributed by atoms with van der Waals surface area (Å²) >= 11 is 6.20. The fourth-order valence-corrected chi connectivity index (χ4v) is 2.07. The van der Waals surface area contributed by atoms with E-state index in [-0.39, 0.29) is 5.97 Å². The van der Waals surface area contributed by atoms with Gasteiger partial charge in [0, 0.05) is 24.5 Å². The van der Waals surface area contributed by atoms with E-state index in [1.807, 2.05) is 25.2 Å². The number of carbonyl (C=O) groups is 1. The van der Waals surface area contributed by atoms with Crippen molar-refractivity contribution in [3.05, 3.63) is 34.3 Å². The highest BCUT2D eigenvalue weighted by molar-refractivity contribution is 6.31. The van der Waals surface area contributed by atoms with Gasteiger partial charge in [-0.1, -0.05) is 23.7 Å². The Labute approximate surface area is 119 Å². The van der Waals surface area contributed by atoms with Gasteiger partial charge in [-0.25, -0.2) is 0 Å². The van der Waals surface area contributed by atoms with E-state index in [2.05, 4.69) is 9.64 Å². The first-order chi connectivity index (χ1) is 9.06. The van der Waals surface area contributed by atoms with E-state index in [9.17, 15) is 4.79 Å². The zero-order valence-corrected chi connectivity index (χ0v) is 12.2. The van der Waals surface area contributed by atoms with Crippen molar-refractivity contribution in [1.82, 2.24) is 4.90 Å². The lowest BCUT2D eigenvalue weighted by atomic mass is 10.1. The molecule has 4 nitrogen and oxygen atoms in total. The molecular weight excluding hydrogens is 264 g/mol. The molecule has 19 heavy (non-hydrogen) atoms. The second kappa shape index (κ2) is 8.15. The van der Waals surface area contributed by atoms with Crippen LogP contribution >= 0.6 is 11.6 Å². The Balaban J connectivity index is 2.43. The summed E-state index contributed by atoms with van der Waals surface area (Å²) in [5.74, 6) is -0.168. The summed E-state index contributed by atoms with van der Waals surface area (Å²) in [7, 11) is 3.41. The van der Waals surface area contributed by atoms with Gasteiger partial charge in [0.05, 0.1) is 7.11 Å². The van der Waals surface area contributed by atoms with Gasteiger partial charge >= 0.3 is 5.97 Å². The topological polar surface area (TPSA) is 55.6 Å². The third-order valence-electron chi connectivity index (χ3n) is 2.94. The number of hydrogen-bond donors (Lipinski definition) is 1. The van der Waals surface area contributed by atoms with Gasteiger partial charge in [0.25, 0.3) is 0 Å². The number of carbonyl (C=O) groups excluding carboxylic acids is 1. The van der Waals surface area contributed by atoms with E-state index in [4.69, 9.17) is 17.3 Å². The molecule has 0 radical (unpaired) electrons. The van der Waals surface area contributed by atoms with Crippen LogP contribution in [0.2, 0.25) is 5.02 Å². The number of hydrogen-bond acceptors (Lipinski definition) is 4. The number of benzene rings is 1. The highest BCUT2D eigenvalue weighted by atomic mass is 35.5. The van der Waals surface area contributed by atoms with Gasteiger partial charge < -0.3 is 15.4 Å². The van der Waals surface area contributed by atoms with E-state index in [1.165, 1.54) is 7.11 Å². The third kappa shape index (κ3) is 5.59. The minimum Gasteiger partial charge on any atom is -0.469 e. The van der Waals surface area contributed by atoms with Gasteiger partial charge in [0.2, 0.25) is 0 Å². The van der Waals surface area contributed by atoms with Gasteiger partial charge in [0.1, 0.15) is 0 Å². The average molecular weight is 285 g/mol. The predicted octanol–water partition coefficient (Wildman–Crippen LogP) is 2.18. The Kier molecular flexibility index (Phi) is 6.84. The lowest BCUT2D eigenvalue weighted by molar-refractivity contribution is -0.140. The molecule has 0 saturated carbocycles. The van der Waals surface area contributed by atoms with Crippen LogP contribution in [0.5, 0.6) is 0 Å². The molecule has 0 unspecified atom stereocenters. The van der Waals surface area contributed by atoms with Crippen LogP contribution in [0.4, 0.5) is 0 Å². The van der Waals surface area contributed by atoms with E-state index in [0.29, 0.717) is 13.0 Å². The number of rotatable bonds is 7. The van der Waals surface area contributed by atoms with Crippen molar-refractivity contribution in [2.45, 2.75) is 25.9 Å². The monoisotopic (exact) mass is 284 g/mol. The van der Waals surface area contributed by atoms with Crippen molar-refractivity contribution in [2.24, 2.45) is 5.73 Å². The fraction of sp³-hybridized carbons (Fsp3) is 0.500. The van der Waals surface area contributed by atoms with E-state index >= 15 is 0 Å². The molecule has 0 atom stereocenters. The Hall–Kier alpha value is -1.10. The van der Waals surface area contributed by atoms with Gasteiger partial charge in [-0.2, -0.15) is 0 Å². The van der Waals surface area contributed by atoms with Crippen LogP contribution in [0.15, 0.2) is 18.2 Å². The summed E-state index contributed by atoms with van der Waals surface area (Å²) in [5, 5.41) is 0.739. The summed E-state index contributed by atoms with van der Waals surface area (Å²) in [4.78, 5) is 13.1. The molecule has 0 spiro atoms. The molecule has 1 aromatic rings. The van der Waals surface area contributed by atoms with E-state index in [1.54, 1.807) is 0 Å². The number of methoxy groups -OCH3 is 1. The lowest BCUT2D eigenvalue weighted by Gasteiger charge is -2.17. The van der Waals surface area contributed by atoms with Crippen LogP contribution < -0.4 is 5.73 Å². The van der Waals surface area contributed by atoms with Gasteiger partial charge in [-0.05, 0) is 37.2 Å². The van der Waals surface area contributed by atoms with Gasteiger partial charge in [-0.15, -0.1) is 0 Å². The molecule has 0 fully saturated rings. The second-order valence-electron chi connectivity index (χ2n) is 4.55. The zero-order chi connectivity index (χ0) is 14.3. The zero-order valence-electron chi connectivity index (χ0n) is 11.5. The molecule has 0 bridgehead atoms. The van der Waals surface area contributed by atoms with Crippen LogP contribution in [-0.2, 0) is 22.6 Å². The fourth-order valence-electron chi connectivity index (χ4n) is 1.81. The van der Waals surface area contributed by atoms with Crippen molar-refractivity contribution >= 4 is 17.6 Å². The van der Waals surface area contributed by atoms with Crippen molar-refractivity contribution < 1.29 is 9.53 Å². The van der Waals surface area contributed by atoms with E-state index < -0.39 is 0 Å². The van der Waals surface area contributed by atoms with Crippen molar-refractivity contribution in [3.8, 4) is 0 Å². The lowest BCUT2D eigenvalue weighted by Crippen LogP contribution is -2.20. The van der Waals surface area contributed by atoms with Crippen LogP contribution in [0.1, 0.15) is 24.0 Å². The summed E-state index contributed by atoms with van der Waals surface area (Å²) < 4.78 is 4.60. The molecule has 0 aliphatic heterocycles. The smallest absolute Gasteiger partial charge is 0.305 e. The molecule has 0 saturated heterocycles. The first-order valence-electron chi connectivity index (χ1n) is 6.29. The summed E-state index contributed by atoms with van der Waals surface area (Å²) in [6.45, 7) is 2.07. The predicted molar refractivity (Wildman–Crippen MR) is 76.9 cm³/mol. The maximum atomic E-state index is 11.0. The number of nitrogens with two attached hydrogens (primary N) is 1. The van der Waals surface area contributed by atoms with E-state index in [0.717, 1.165) is 35.7 Å². The largest absolute Gasteiger partial charge is 0.469 e. The second-order valence-corrected chi connectivity index (χ2v) is 4.95. The molecule has 1 rings (SSSR count). The summed E-state index contributed by atoms with van der Waals surface area (Å²) in [6, 6.07) is 5.89. The van der Waals surface area contributed by atoms with Crippen molar-refractivity contribution in [2.75, 3.05) is 20.7 Å². The quantitative estimate of drug-likeness (QED) is 0.780. The molecule has 0 aromatic heterocycles. The molecular formula is C14H21ClN2O2. The van der Waals surface area contributed by atoms with Crippen LogP contribution in [0.3, 0.4) is 0 Å². The van der Waals surface area contributed by atoms with Crippen molar-refractivity contribution in [1.29, 1.82) is 0 Å². The molecule has 0 aliphatic carbocycles. The molecule has 0 amide bonds. The first kappa shape index (κ1) is 16.0. The molecule has 1 aromatic carbocycles. The van der Waals surface area contributed by atoms with Crippen molar-refractivity contribution in [3.63, 3.8) is 0 Å². The Morgan fingerprint density at radius 3 is 2.79 bits per heavy atom. The number of nitrogens with zero attached hydrogens (tertiary/aromatic N) is 1. The molecule has 5 heteroatoms. The minimum absolute atomic E-state index is 0.168. The van der Waals surface area contributed by atoms with Gasteiger partial charge in [0.15, 0.2) is 0 Å². The maximum absolute atomic E-state index is 11.0. The first-order valence-corrected chi connectivity index (χ1v) is 6.67. The average Bonchev–Trinajstić information content (AvgIpc) is 2.40. The standard InChI is InChI=1S/C14H21ClN2O2/c1-17(7-3-4-14(18)19-2)10-12-6-5-11(9-16)8-13(12)15/h5-6,8H,3-4,7,9-10,16H2,1-2H3. The van der Waals surface area contributed by atoms with Crippen LogP contribution in [0, 0.1) is 0 Å². The van der Waals surface area contributed by atoms with Crippen LogP contribution in [0.25, 0.3) is 0 Å². The highest BCUT2D eigenvalue weighted by Gasteiger charge is 2.06. The van der Waals surface area contributed by atoms with Crippen LogP contribution in [-0.4, -0.2) is 31.6 Å². The Morgan fingerprint density at radius 2 is 2.21 bits per heavy atom. The SMILES string of the molecule is COC(=O)CCCN(C)Cc1ccc(CN)cc1Cl. The number of ether oxygens (including phenoxy) is 1. The normalized spacial score (nSPS) is 10.8. The molecule has 0 heterocycles. The Morgan fingerprint density at radius 1 is 1.47 bits per heavy atom. The Bertz CT molecular complexity index is 424. The highest BCUT2D eigenvalue weighted by Crippen LogP contribution is 2.19. The minimum atomic E-state index is -0.168. The molecule has 2 N–H and O–H groups in total. The number of esters is 1. The summed E-state index contributed by atoms with van der Waals surface area (Å²) in [5.41, 5.74) is 7.66. The maximum Gasteiger partial charge on any atom is 0.305 e.